The number of H-pyrrole nitrogens is 1. The van der Waals surface area contributed by atoms with Gasteiger partial charge in [0.15, 0.2) is 5.96 Å². The molecule has 2 aliphatic rings. The van der Waals surface area contributed by atoms with Crippen molar-refractivity contribution < 1.29 is 8.42 Å². The number of primary sulfonamides is 1. The molecule has 1 aromatic heterocycles. The Labute approximate surface area is 203 Å². The smallest absolute Gasteiger partial charge is 0.239 e. The molecule has 3 heterocycles. The van der Waals surface area contributed by atoms with Crippen LogP contribution in [0.5, 0.6) is 0 Å². The molecule has 0 atom stereocenters. The second-order valence-corrected chi connectivity index (χ2v) is 10.8. The number of benzene rings is 2. The average molecular weight is 496 g/mol. The highest BCUT2D eigenvalue weighted by Crippen LogP contribution is 2.39. The summed E-state index contributed by atoms with van der Waals surface area (Å²) in [5, 5.41) is 31.0. The monoisotopic (exact) mass is 495 g/mol. The summed E-state index contributed by atoms with van der Waals surface area (Å²) in [6.45, 7) is 3.26. The Hall–Kier alpha value is -3.35. The molecule has 0 aliphatic carbocycles. The minimum Gasteiger partial charge on any atom is -0.370 e. The van der Waals surface area contributed by atoms with Crippen molar-refractivity contribution in [2.75, 3.05) is 26.2 Å². The van der Waals surface area contributed by atoms with Crippen LogP contribution in [0.2, 0.25) is 0 Å². The molecule has 3 aromatic rings. The van der Waals surface area contributed by atoms with Crippen LogP contribution in [0.3, 0.4) is 0 Å². The van der Waals surface area contributed by atoms with E-state index in [9.17, 15) is 8.42 Å². The van der Waals surface area contributed by atoms with E-state index in [0.717, 1.165) is 31.5 Å². The summed E-state index contributed by atoms with van der Waals surface area (Å²) in [7, 11) is -4.11. The summed E-state index contributed by atoms with van der Waals surface area (Å²) < 4.78 is 25.9. The maximum atomic E-state index is 13.0. The first-order valence-corrected chi connectivity index (χ1v) is 13.2. The summed E-state index contributed by atoms with van der Waals surface area (Å²) in [4.78, 5) is 1.87. The molecule has 12 heteroatoms. The third kappa shape index (κ3) is 4.77. The number of aromatic amines is 1. The summed E-state index contributed by atoms with van der Waals surface area (Å²) in [6, 6.07) is 11.9. The minimum atomic E-state index is -4.11. The normalized spacial score (nSPS) is 17.3. The number of nitrogens with zero attached hydrogens (tertiary/aromatic N) is 4. The lowest BCUT2D eigenvalue weighted by atomic mass is 9.87. The zero-order valence-corrected chi connectivity index (χ0v) is 20.1. The lowest BCUT2D eigenvalue weighted by Gasteiger charge is -2.32. The molecule has 2 aliphatic heterocycles. The van der Waals surface area contributed by atoms with E-state index in [4.69, 9.17) is 16.3 Å². The summed E-state index contributed by atoms with van der Waals surface area (Å²) >= 11 is 0. The van der Waals surface area contributed by atoms with Crippen LogP contribution in [0.15, 0.2) is 41.3 Å². The van der Waals surface area contributed by atoms with Gasteiger partial charge in [-0.1, -0.05) is 36.4 Å². The molecular weight excluding hydrogens is 466 g/mol. The van der Waals surface area contributed by atoms with Gasteiger partial charge in [0, 0.05) is 32.1 Å². The summed E-state index contributed by atoms with van der Waals surface area (Å²) in [5.41, 5.74) is 9.39. The number of hydrogen-bond donors (Lipinski definition) is 5. The van der Waals surface area contributed by atoms with Crippen LogP contribution in [-0.2, 0) is 16.4 Å². The van der Waals surface area contributed by atoms with Crippen molar-refractivity contribution in [3.63, 3.8) is 0 Å². The van der Waals surface area contributed by atoms with E-state index in [2.05, 4.69) is 38.1 Å². The fraction of sp³-hybridized carbons (Fsp3) is 0.391. The highest BCUT2D eigenvalue weighted by Gasteiger charge is 2.29. The Balaban J connectivity index is 1.56. The highest BCUT2D eigenvalue weighted by molar-refractivity contribution is 7.89. The first kappa shape index (κ1) is 23.4. The minimum absolute atomic E-state index is 0.0395. The lowest BCUT2D eigenvalue weighted by molar-refractivity contribution is 0.261. The molecule has 0 saturated carbocycles. The van der Waals surface area contributed by atoms with Crippen molar-refractivity contribution in [3.8, 4) is 22.5 Å². The van der Waals surface area contributed by atoms with Crippen LogP contribution in [0, 0.1) is 11.3 Å². The van der Waals surface area contributed by atoms with Crippen molar-refractivity contribution in [1.82, 2.24) is 30.8 Å². The fourth-order valence-corrected chi connectivity index (χ4v) is 5.99. The first-order chi connectivity index (χ1) is 16.8. The molecule has 184 valence electrons. The van der Waals surface area contributed by atoms with E-state index >= 15 is 0 Å². The average Bonchev–Trinajstić information content (AvgIpc) is 3.32. The van der Waals surface area contributed by atoms with Crippen LogP contribution in [-0.4, -0.2) is 66.1 Å². The number of guanidine groups is 1. The largest absolute Gasteiger partial charge is 0.370 e. The molecule has 11 nitrogen and oxygen atoms in total. The topological polar surface area (TPSA) is 180 Å². The van der Waals surface area contributed by atoms with Gasteiger partial charge >= 0.3 is 0 Å². The zero-order valence-electron chi connectivity index (χ0n) is 19.2. The number of rotatable bonds is 6. The van der Waals surface area contributed by atoms with Crippen LogP contribution in [0.1, 0.15) is 29.9 Å². The number of piperidine rings is 1. The van der Waals surface area contributed by atoms with E-state index in [1.54, 1.807) is 0 Å². The number of aromatic nitrogens is 4. The molecular formula is C23H29N9O2S. The zero-order chi connectivity index (χ0) is 24.6. The standard InChI is InChI=1S/C23H29N9O2S/c24-23(25)32-9-7-14(8-10-32)11-17-5-6-19(16-3-1-15(2-4-16)18-12-27-13-18)20(21(17)35(26,33)34)22-28-30-31-29-22/h1-6,14,18,27H,7-13H2,(H3,24,25)(H2,26,33,34)(H,28,29,30,31). The second-order valence-electron chi connectivity index (χ2n) is 9.25. The van der Waals surface area contributed by atoms with Crippen molar-refractivity contribution in [3.05, 3.63) is 47.5 Å². The van der Waals surface area contributed by atoms with Gasteiger partial charge in [-0.2, -0.15) is 5.21 Å². The number of tetrazole rings is 1. The van der Waals surface area contributed by atoms with Crippen molar-refractivity contribution in [1.29, 1.82) is 5.41 Å². The van der Waals surface area contributed by atoms with Gasteiger partial charge in [0.1, 0.15) is 0 Å². The van der Waals surface area contributed by atoms with Gasteiger partial charge < -0.3 is 16.0 Å². The van der Waals surface area contributed by atoms with E-state index in [-0.39, 0.29) is 22.6 Å². The molecule has 7 N–H and O–H groups in total. The Kier molecular flexibility index (Phi) is 6.26. The summed E-state index contributed by atoms with van der Waals surface area (Å²) in [6.07, 6.45) is 2.15. The van der Waals surface area contributed by atoms with E-state index in [1.807, 2.05) is 29.2 Å². The lowest BCUT2D eigenvalue weighted by Crippen LogP contribution is -2.42. The third-order valence-corrected chi connectivity index (χ3v) is 8.07. The SMILES string of the molecule is N=C(N)N1CCC(Cc2ccc(-c3ccc(C4CNC4)cc3)c(-c3nn[nH]n3)c2S(N)(=O)=O)CC1. The van der Waals surface area contributed by atoms with Gasteiger partial charge in [0.25, 0.3) is 0 Å². The van der Waals surface area contributed by atoms with E-state index in [1.165, 1.54) is 5.56 Å². The number of hydrogen-bond acceptors (Lipinski definition) is 7. The molecule has 0 unspecified atom stereocenters. The predicted octanol–water partition coefficient (Wildman–Crippen LogP) is 1.02. The Bertz CT molecular complexity index is 1310. The van der Waals surface area contributed by atoms with Gasteiger partial charge in [-0.3, -0.25) is 5.41 Å². The number of sulfonamides is 1. The molecule has 2 saturated heterocycles. The Morgan fingerprint density at radius 1 is 1.11 bits per heavy atom. The van der Waals surface area contributed by atoms with Crippen molar-refractivity contribution in [2.45, 2.75) is 30.1 Å². The molecule has 0 spiro atoms. The number of nitrogens with one attached hydrogen (secondary N) is 3. The maximum Gasteiger partial charge on any atom is 0.239 e. The second kappa shape index (κ2) is 9.36. The van der Waals surface area contributed by atoms with Crippen LogP contribution in [0.4, 0.5) is 0 Å². The molecule has 2 aromatic carbocycles. The molecule has 0 bridgehead atoms. The van der Waals surface area contributed by atoms with E-state index in [0.29, 0.717) is 42.1 Å². The van der Waals surface area contributed by atoms with Crippen LogP contribution in [0.25, 0.3) is 22.5 Å². The molecule has 5 rings (SSSR count). The molecule has 2 fully saturated rings. The number of nitrogens with two attached hydrogens (primary N) is 2. The fourth-order valence-electron chi connectivity index (χ4n) is 4.99. The van der Waals surface area contributed by atoms with Crippen molar-refractivity contribution >= 4 is 16.0 Å². The quantitative estimate of drug-likeness (QED) is 0.248. The van der Waals surface area contributed by atoms with Gasteiger partial charge in [0.2, 0.25) is 15.8 Å². The maximum absolute atomic E-state index is 13.0. The molecule has 35 heavy (non-hydrogen) atoms. The first-order valence-electron chi connectivity index (χ1n) is 11.6. The van der Waals surface area contributed by atoms with Gasteiger partial charge in [-0.15, -0.1) is 10.2 Å². The Morgan fingerprint density at radius 3 is 2.37 bits per heavy atom. The van der Waals surface area contributed by atoms with Crippen LogP contribution >= 0.6 is 0 Å². The summed E-state index contributed by atoms with van der Waals surface area (Å²) in [5.74, 6) is 0.990. The van der Waals surface area contributed by atoms with Gasteiger partial charge in [-0.05, 0) is 52.6 Å². The molecule has 0 radical (unpaired) electrons. The van der Waals surface area contributed by atoms with Gasteiger partial charge in [0.05, 0.1) is 10.5 Å². The third-order valence-electron chi connectivity index (χ3n) is 7.03. The predicted molar refractivity (Wildman–Crippen MR) is 132 cm³/mol. The van der Waals surface area contributed by atoms with Gasteiger partial charge in [-0.25, -0.2) is 13.6 Å². The van der Waals surface area contributed by atoms with Crippen molar-refractivity contribution in [2.24, 2.45) is 16.8 Å². The van der Waals surface area contributed by atoms with Crippen LogP contribution < -0.4 is 16.2 Å². The highest BCUT2D eigenvalue weighted by atomic mass is 32.2. The Morgan fingerprint density at radius 2 is 1.83 bits per heavy atom. The van der Waals surface area contributed by atoms with E-state index < -0.39 is 10.0 Å². The number of likely N-dealkylation sites (tertiary alicyclic amines) is 1. The molecule has 0 amide bonds.